The molecule has 109 heavy (non-hydrogen) atoms. The summed E-state index contributed by atoms with van der Waals surface area (Å²) in [5.41, 5.74) is 34.3. The molecule has 4 saturated heterocycles. The predicted molar refractivity (Wildman–Crippen MR) is 385 cm³/mol. The lowest BCUT2D eigenvalue weighted by Crippen LogP contribution is -2.60. The first-order valence-electron chi connectivity index (χ1n) is 36.5. The van der Waals surface area contributed by atoms with Crippen LogP contribution in [-0.4, -0.2) is 241 Å². The fourth-order valence-corrected chi connectivity index (χ4v) is 13.6. The van der Waals surface area contributed by atoms with E-state index in [1.165, 1.54) is 34.1 Å². The minimum Gasteiger partial charge on any atom is -0.508 e. The summed E-state index contributed by atoms with van der Waals surface area (Å²) in [5.74, 6) is -16.3. The van der Waals surface area contributed by atoms with Crippen molar-refractivity contribution < 1.29 is 96.5 Å². The van der Waals surface area contributed by atoms with Crippen LogP contribution in [0, 0.1) is 5.92 Å². The van der Waals surface area contributed by atoms with Gasteiger partial charge in [0.05, 0.1) is 12.6 Å². The Morgan fingerprint density at radius 3 is 1.18 bits per heavy atom. The fraction of sp³-hybridized carbons (Fsp3) is 0.577. The molecule has 4 aliphatic rings. The van der Waals surface area contributed by atoms with Crippen molar-refractivity contribution in [2.75, 3.05) is 32.7 Å². The highest BCUT2D eigenvalue weighted by Gasteiger charge is 2.47. The van der Waals surface area contributed by atoms with Gasteiger partial charge in [0, 0.05) is 71.1 Å². The molecule has 12 atom stereocenters. The highest BCUT2D eigenvalue weighted by molar-refractivity contribution is 6.01. The van der Waals surface area contributed by atoms with E-state index in [0.29, 0.717) is 17.5 Å². The number of nitrogens with two attached hydrogens (primary N) is 6. The molecular formula is C71H102N18O20. The number of likely N-dealkylation sites (tertiary alicyclic amines) is 4. The number of hydrogen-bond donors (Lipinski definition) is 16. The van der Waals surface area contributed by atoms with Crippen molar-refractivity contribution in [2.24, 2.45) is 40.3 Å². The number of rotatable bonds is 42. The van der Waals surface area contributed by atoms with E-state index < -0.39 is 250 Å². The SMILES string of the molecule is CC(C)CC(N)C(=O)NCC(=O)NC(CCC(N)=O)C(=O)NC(CCC(N)=O)C(=O)NC(CCC(N)=O)C(=O)N1CCCC1C(=O)NC(Cc1ccccc1)C(=O)N1CCCC1C(=O)N1CCCC1C(=O)NC(CCC(N)=O)C(=O)NC(CCC(N)=O)C(=O)N1CCCC1C(=O)NC(Cc1ccc(O)cc1)C(=O)O. The Morgan fingerprint density at radius 1 is 0.413 bits per heavy atom. The van der Waals surface area contributed by atoms with E-state index in [9.17, 15) is 91.7 Å². The maximum absolute atomic E-state index is 15.2. The summed E-state index contributed by atoms with van der Waals surface area (Å²) in [6.45, 7) is 2.92. The number of aromatic hydroxyl groups is 1. The van der Waals surface area contributed by atoms with E-state index in [4.69, 9.17) is 34.4 Å². The minimum absolute atomic E-state index is 0.00209. The number of carboxylic acid groups (broad SMARTS) is 1. The van der Waals surface area contributed by atoms with Crippen molar-refractivity contribution in [3.05, 3.63) is 65.7 Å². The monoisotopic (exact) mass is 1530 g/mol. The number of primary amides is 5. The molecule has 0 aromatic heterocycles. The molecule has 0 bridgehead atoms. The van der Waals surface area contributed by atoms with Crippen LogP contribution in [0.4, 0.5) is 0 Å². The van der Waals surface area contributed by atoms with E-state index in [1.807, 2.05) is 13.8 Å². The zero-order valence-electron chi connectivity index (χ0n) is 61.1. The van der Waals surface area contributed by atoms with Crippen LogP contribution in [0.1, 0.15) is 147 Å². The lowest BCUT2D eigenvalue weighted by molar-refractivity contribution is -0.148. The molecule has 12 unspecified atom stereocenters. The van der Waals surface area contributed by atoms with Crippen LogP contribution in [0.2, 0.25) is 0 Å². The van der Waals surface area contributed by atoms with Crippen LogP contribution >= 0.6 is 0 Å². The number of nitrogens with zero attached hydrogens (tertiary/aromatic N) is 4. The molecule has 22 N–H and O–H groups in total. The number of benzene rings is 2. The standard InChI is InChI=1S/C71H102N18O20/c1-38(2)34-42(72)60(97)78-37-59(96)79-43(20-25-54(73)91)61(98)80-44(21-26-55(74)92)62(99)82-46(23-28-57(76)94)67(104)86-30-6-12-50(86)65(102)84-48(35-39-10-4-3-5-11-39)69(106)89-33-9-15-53(89)70(107)88-32-8-14-52(88)64(101)81-45(22-27-56(75)93)63(100)83-47(24-29-58(77)95)68(105)87-31-7-13-51(87)66(103)85-49(71(108)109)36-40-16-18-41(90)19-17-40/h3-5,10-11,16-19,38,42-53,90H,6-9,12-15,20-37,72H2,1-2H3,(H2,73,91)(H2,74,92)(H2,75,93)(H2,76,94)(H2,77,95)(H,78,97)(H,79,96)(H,80,98)(H,81,101)(H,82,99)(H,83,100)(H,84,102)(H,85,103)(H,108,109). The molecule has 0 spiro atoms. The zero-order valence-corrected chi connectivity index (χ0v) is 61.1. The Labute approximate surface area is 628 Å². The quantitative estimate of drug-likeness (QED) is 0.0295. The number of hydrogen-bond acceptors (Lipinski definition) is 20. The number of carboxylic acids is 1. The second kappa shape index (κ2) is 41.7. The van der Waals surface area contributed by atoms with Gasteiger partial charge in [0.2, 0.25) is 100 Å². The van der Waals surface area contributed by atoms with Gasteiger partial charge in [0.25, 0.3) is 0 Å². The van der Waals surface area contributed by atoms with Gasteiger partial charge in [0.15, 0.2) is 0 Å². The Balaban J connectivity index is 1.17. The van der Waals surface area contributed by atoms with Gasteiger partial charge in [-0.3, -0.25) is 81.5 Å². The summed E-state index contributed by atoms with van der Waals surface area (Å²) >= 11 is 0. The van der Waals surface area contributed by atoms with Crippen molar-refractivity contribution in [1.29, 1.82) is 0 Å². The molecule has 4 fully saturated rings. The zero-order chi connectivity index (χ0) is 80.3. The summed E-state index contributed by atoms with van der Waals surface area (Å²) in [6, 6.07) is -2.81. The average Bonchev–Trinajstić information content (AvgIpc) is 1.75. The summed E-state index contributed by atoms with van der Waals surface area (Å²) in [6.07, 6.45) is -3.25. The largest absolute Gasteiger partial charge is 0.508 e. The molecule has 2 aromatic rings. The van der Waals surface area contributed by atoms with Gasteiger partial charge in [-0.15, -0.1) is 0 Å². The third kappa shape index (κ3) is 26.5. The van der Waals surface area contributed by atoms with Gasteiger partial charge in [0.1, 0.15) is 72.2 Å². The Hall–Kier alpha value is -11.3. The maximum Gasteiger partial charge on any atom is 0.326 e. The van der Waals surface area contributed by atoms with Crippen LogP contribution in [0.3, 0.4) is 0 Å². The average molecular weight is 1530 g/mol. The third-order valence-corrected chi connectivity index (χ3v) is 19.3. The fourth-order valence-electron chi connectivity index (χ4n) is 13.6. The first-order valence-corrected chi connectivity index (χ1v) is 36.5. The van der Waals surface area contributed by atoms with Gasteiger partial charge in [-0.05, 0) is 119 Å². The smallest absolute Gasteiger partial charge is 0.326 e. The molecular weight excluding hydrogens is 1420 g/mol. The van der Waals surface area contributed by atoms with Crippen LogP contribution in [-0.2, 0) is 99.1 Å². The molecule has 17 amide bonds. The molecule has 596 valence electrons. The normalized spacial score (nSPS) is 18.9. The van der Waals surface area contributed by atoms with Gasteiger partial charge >= 0.3 is 5.97 Å². The first kappa shape index (κ1) is 86.6. The highest BCUT2D eigenvalue weighted by atomic mass is 16.4. The first-order chi connectivity index (χ1) is 51.6. The van der Waals surface area contributed by atoms with E-state index in [0.717, 1.165) is 9.80 Å². The molecule has 38 nitrogen and oxygen atoms in total. The van der Waals surface area contributed by atoms with Gasteiger partial charge in [-0.2, -0.15) is 0 Å². The van der Waals surface area contributed by atoms with Crippen molar-refractivity contribution in [1.82, 2.24) is 62.1 Å². The number of aliphatic carboxylic acids is 1. The Morgan fingerprint density at radius 2 is 0.752 bits per heavy atom. The number of carbonyl (C=O) groups excluding carboxylic acids is 17. The van der Waals surface area contributed by atoms with Crippen molar-refractivity contribution in [3.8, 4) is 5.75 Å². The topological polar surface area (TPSA) is 613 Å². The number of phenolic OH excluding ortho intramolecular Hbond substituents is 1. The maximum atomic E-state index is 15.2. The Kier molecular flexibility index (Phi) is 33.1. The summed E-state index contributed by atoms with van der Waals surface area (Å²) in [5, 5.41) is 39.8. The van der Waals surface area contributed by atoms with Crippen LogP contribution in [0.25, 0.3) is 0 Å². The molecule has 6 rings (SSSR count). The van der Waals surface area contributed by atoms with Crippen LogP contribution in [0.5, 0.6) is 5.75 Å². The number of phenols is 1. The lowest BCUT2D eigenvalue weighted by Gasteiger charge is -2.34. The summed E-state index contributed by atoms with van der Waals surface area (Å²) < 4.78 is 0. The van der Waals surface area contributed by atoms with E-state index in [-0.39, 0.29) is 102 Å². The van der Waals surface area contributed by atoms with Crippen molar-refractivity contribution >= 4 is 106 Å². The lowest BCUT2D eigenvalue weighted by atomic mass is 10.0. The molecule has 0 saturated carbocycles. The molecule has 2 aromatic carbocycles. The molecule has 0 radical (unpaired) electrons. The van der Waals surface area contributed by atoms with E-state index >= 15 is 4.79 Å². The number of amides is 17. The van der Waals surface area contributed by atoms with Gasteiger partial charge in [-0.1, -0.05) is 56.3 Å². The minimum atomic E-state index is -1.69. The van der Waals surface area contributed by atoms with Crippen LogP contribution in [0.15, 0.2) is 54.6 Å². The second-order valence-corrected chi connectivity index (χ2v) is 28.1. The van der Waals surface area contributed by atoms with Gasteiger partial charge in [-0.25, -0.2) is 4.79 Å². The van der Waals surface area contributed by atoms with Crippen molar-refractivity contribution in [2.45, 2.75) is 221 Å². The van der Waals surface area contributed by atoms with E-state index in [1.54, 1.807) is 30.3 Å². The van der Waals surface area contributed by atoms with E-state index in [2.05, 4.69) is 42.5 Å². The van der Waals surface area contributed by atoms with Gasteiger partial charge < -0.3 is 107 Å². The molecule has 4 aliphatic heterocycles. The third-order valence-electron chi connectivity index (χ3n) is 19.3. The molecule has 38 heteroatoms. The number of nitrogens with one attached hydrogen (secondary N) is 8. The molecule has 0 aliphatic carbocycles. The summed E-state index contributed by atoms with van der Waals surface area (Å²) in [7, 11) is 0. The van der Waals surface area contributed by atoms with Crippen LogP contribution < -0.4 is 76.9 Å². The highest BCUT2D eigenvalue weighted by Crippen LogP contribution is 2.28. The van der Waals surface area contributed by atoms with Crippen molar-refractivity contribution in [3.63, 3.8) is 0 Å². The predicted octanol–water partition coefficient (Wildman–Crippen LogP) is -5.56. The Bertz CT molecular complexity index is 3680. The second-order valence-electron chi connectivity index (χ2n) is 28.1. The molecule has 4 heterocycles. The summed E-state index contributed by atoms with van der Waals surface area (Å²) in [4.78, 5) is 249. The number of carbonyl (C=O) groups is 18.